The van der Waals surface area contributed by atoms with Crippen LogP contribution in [0.15, 0.2) is 18.2 Å². The first-order valence-electron chi connectivity index (χ1n) is 6.52. The first-order valence-corrected chi connectivity index (χ1v) is 6.93. The van der Waals surface area contributed by atoms with Crippen molar-refractivity contribution >= 4 is 28.8 Å². The highest BCUT2D eigenvalue weighted by Gasteiger charge is 2.43. The van der Waals surface area contributed by atoms with E-state index < -0.39 is 11.2 Å². The van der Waals surface area contributed by atoms with Crippen molar-refractivity contribution in [3.63, 3.8) is 0 Å². The Kier molecular flexibility index (Phi) is 4.74. The lowest BCUT2D eigenvalue weighted by molar-refractivity contribution is -0.126. The van der Waals surface area contributed by atoms with Gasteiger partial charge in [0.05, 0.1) is 17.8 Å². The average Bonchev–Trinajstić information content (AvgIpc) is 2.49. The van der Waals surface area contributed by atoms with Crippen molar-refractivity contribution in [3.8, 4) is 5.75 Å². The molecule has 1 saturated heterocycles. The molecule has 1 aliphatic rings. The lowest BCUT2D eigenvalue weighted by atomic mass is 9.79. The molecule has 0 bridgehead atoms. The summed E-state index contributed by atoms with van der Waals surface area (Å²) in [4.78, 5) is 12.7. The second kappa shape index (κ2) is 6.36. The van der Waals surface area contributed by atoms with Crippen LogP contribution >= 0.6 is 12.2 Å². The Morgan fingerprint density at radius 2 is 2.14 bits per heavy atom. The third-order valence-electron chi connectivity index (χ3n) is 3.66. The van der Waals surface area contributed by atoms with E-state index in [9.17, 15) is 9.18 Å². The van der Waals surface area contributed by atoms with Crippen molar-refractivity contribution in [2.45, 2.75) is 12.8 Å². The summed E-state index contributed by atoms with van der Waals surface area (Å²) in [6.07, 6.45) is 0.857. The Labute approximate surface area is 127 Å². The Bertz CT molecular complexity index is 559. The average molecular weight is 312 g/mol. The molecule has 0 spiro atoms. The lowest BCUT2D eigenvalue weighted by Gasteiger charge is -2.34. The summed E-state index contributed by atoms with van der Waals surface area (Å²) >= 11 is 5.07. The number of carbonyl (C=O) groups is 1. The van der Waals surface area contributed by atoms with Crippen LogP contribution < -0.4 is 15.8 Å². The minimum Gasteiger partial charge on any atom is -0.494 e. The molecule has 0 atom stereocenters. The Morgan fingerprint density at radius 1 is 1.48 bits per heavy atom. The fraction of sp³-hybridized carbons (Fsp3) is 0.429. The topological polar surface area (TPSA) is 73.6 Å². The summed E-state index contributed by atoms with van der Waals surface area (Å²) in [7, 11) is 1.40. The minimum absolute atomic E-state index is 0.143. The van der Waals surface area contributed by atoms with Gasteiger partial charge in [-0.05, 0) is 25.0 Å². The van der Waals surface area contributed by atoms with E-state index >= 15 is 0 Å². The molecule has 1 aromatic carbocycles. The monoisotopic (exact) mass is 312 g/mol. The standard InChI is InChI=1S/C14H17FN2O3S/c1-19-11-8-9(15)2-3-10(11)17-13(18)14(12(16)21)4-6-20-7-5-14/h2-3,8H,4-7H2,1H3,(H2,16,21)(H,17,18). The van der Waals surface area contributed by atoms with Gasteiger partial charge in [0.15, 0.2) is 0 Å². The number of benzene rings is 1. The number of anilines is 1. The molecule has 5 nitrogen and oxygen atoms in total. The molecule has 7 heteroatoms. The molecule has 0 aliphatic carbocycles. The Balaban J connectivity index is 2.25. The van der Waals surface area contributed by atoms with Crippen molar-refractivity contribution in [1.82, 2.24) is 0 Å². The van der Waals surface area contributed by atoms with Crippen LogP contribution in [-0.2, 0) is 9.53 Å². The van der Waals surface area contributed by atoms with Gasteiger partial charge in [0, 0.05) is 19.3 Å². The molecule has 2 rings (SSSR count). The van der Waals surface area contributed by atoms with Crippen molar-refractivity contribution < 1.29 is 18.7 Å². The van der Waals surface area contributed by atoms with Gasteiger partial charge in [0.2, 0.25) is 5.91 Å². The van der Waals surface area contributed by atoms with Gasteiger partial charge in [-0.25, -0.2) is 4.39 Å². The van der Waals surface area contributed by atoms with E-state index in [-0.39, 0.29) is 16.6 Å². The van der Waals surface area contributed by atoms with Crippen molar-refractivity contribution in [3.05, 3.63) is 24.0 Å². The first-order chi connectivity index (χ1) is 9.99. The number of methoxy groups -OCH3 is 1. The van der Waals surface area contributed by atoms with Crippen molar-refractivity contribution in [2.24, 2.45) is 11.1 Å². The van der Waals surface area contributed by atoms with Gasteiger partial charge in [0.25, 0.3) is 0 Å². The summed E-state index contributed by atoms with van der Waals surface area (Å²) in [5.41, 5.74) is 5.22. The summed E-state index contributed by atoms with van der Waals surface area (Å²) in [6.45, 7) is 0.844. The molecule has 0 radical (unpaired) electrons. The van der Waals surface area contributed by atoms with Crippen LogP contribution in [-0.4, -0.2) is 31.2 Å². The number of rotatable bonds is 4. The number of hydrogen-bond acceptors (Lipinski definition) is 4. The van der Waals surface area contributed by atoms with Gasteiger partial charge in [-0.3, -0.25) is 4.79 Å². The lowest BCUT2D eigenvalue weighted by Crippen LogP contribution is -2.49. The number of carbonyl (C=O) groups excluding carboxylic acids is 1. The summed E-state index contributed by atoms with van der Waals surface area (Å²) in [5, 5.41) is 2.73. The van der Waals surface area contributed by atoms with Gasteiger partial charge in [-0.2, -0.15) is 0 Å². The predicted octanol–water partition coefficient (Wildman–Crippen LogP) is 1.86. The molecular formula is C14H17FN2O3S. The van der Waals surface area contributed by atoms with Crippen LogP contribution in [0.25, 0.3) is 0 Å². The number of ether oxygens (including phenoxy) is 2. The van der Waals surface area contributed by atoms with E-state index in [0.29, 0.717) is 31.7 Å². The predicted molar refractivity (Wildman–Crippen MR) is 80.9 cm³/mol. The van der Waals surface area contributed by atoms with Gasteiger partial charge < -0.3 is 20.5 Å². The zero-order chi connectivity index (χ0) is 15.5. The zero-order valence-electron chi connectivity index (χ0n) is 11.6. The molecule has 114 valence electrons. The number of halogens is 1. The van der Waals surface area contributed by atoms with Crippen LogP contribution in [0, 0.1) is 11.2 Å². The smallest absolute Gasteiger partial charge is 0.237 e. The molecule has 0 saturated carbocycles. The molecule has 1 fully saturated rings. The van der Waals surface area contributed by atoms with Gasteiger partial charge in [-0.15, -0.1) is 0 Å². The highest BCUT2D eigenvalue weighted by molar-refractivity contribution is 7.80. The summed E-state index contributed by atoms with van der Waals surface area (Å²) < 4.78 is 23.5. The van der Waals surface area contributed by atoms with E-state index in [4.69, 9.17) is 27.4 Å². The molecule has 1 aromatic rings. The maximum absolute atomic E-state index is 13.2. The third-order valence-corrected chi connectivity index (χ3v) is 4.06. The Morgan fingerprint density at radius 3 is 2.71 bits per heavy atom. The number of hydrogen-bond donors (Lipinski definition) is 2. The number of nitrogens with one attached hydrogen (secondary N) is 1. The number of nitrogens with two attached hydrogens (primary N) is 1. The highest BCUT2D eigenvalue weighted by Crippen LogP contribution is 2.34. The van der Waals surface area contributed by atoms with Crippen LogP contribution in [0.4, 0.5) is 10.1 Å². The van der Waals surface area contributed by atoms with Crippen molar-refractivity contribution in [1.29, 1.82) is 0 Å². The van der Waals surface area contributed by atoms with E-state index in [0.717, 1.165) is 0 Å². The second-order valence-electron chi connectivity index (χ2n) is 4.86. The molecule has 1 amide bonds. The molecule has 1 aliphatic heterocycles. The van der Waals surface area contributed by atoms with E-state index in [1.807, 2.05) is 0 Å². The molecule has 3 N–H and O–H groups in total. The fourth-order valence-electron chi connectivity index (χ4n) is 2.32. The molecule has 0 unspecified atom stereocenters. The zero-order valence-corrected chi connectivity index (χ0v) is 12.5. The fourth-order valence-corrected chi connectivity index (χ4v) is 2.61. The van der Waals surface area contributed by atoms with E-state index in [2.05, 4.69) is 5.32 Å². The van der Waals surface area contributed by atoms with Crippen LogP contribution in [0.5, 0.6) is 5.75 Å². The van der Waals surface area contributed by atoms with E-state index in [1.165, 1.54) is 25.3 Å². The summed E-state index contributed by atoms with van der Waals surface area (Å²) in [5.74, 6) is -0.517. The minimum atomic E-state index is -0.938. The second-order valence-corrected chi connectivity index (χ2v) is 5.30. The quantitative estimate of drug-likeness (QED) is 0.830. The number of thiocarbonyl (C=S) groups is 1. The maximum atomic E-state index is 13.2. The normalized spacial score (nSPS) is 17.0. The van der Waals surface area contributed by atoms with Gasteiger partial charge in [0.1, 0.15) is 17.0 Å². The maximum Gasteiger partial charge on any atom is 0.237 e. The van der Waals surface area contributed by atoms with Crippen LogP contribution in [0.3, 0.4) is 0 Å². The molecule has 21 heavy (non-hydrogen) atoms. The van der Waals surface area contributed by atoms with Crippen molar-refractivity contribution in [2.75, 3.05) is 25.6 Å². The molecule has 0 aromatic heterocycles. The summed E-state index contributed by atoms with van der Waals surface area (Å²) in [6, 6.07) is 3.89. The Hall–Kier alpha value is -1.73. The number of amides is 1. The van der Waals surface area contributed by atoms with Gasteiger partial charge in [-0.1, -0.05) is 12.2 Å². The first kappa shape index (κ1) is 15.7. The molecular weight excluding hydrogens is 295 g/mol. The van der Waals surface area contributed by atoms with E-state index in [1.54, 1.807) is 0 Å². The van der Waals surface area contributed by atoms with Gasteiger partial charge >= 0.3 is 0 Å². The highest BCUT2D eigenvalue weighted by atomic mass is 32.1. The SMILES string of the molecule is COc1cc(F)ccc1NC(=O)C1(C(N)=S)CCOCC1. The largest absolute Gasteiger partial charge is 0.494 e. The van der Waals surface area contributed by atoms with Crippen LogP contribution in [0.2, 0.25) is 0 Å². The molecule has 1 heterocycles. The third kappa shape index (κ3) is 3.14. The van der Waals surface area contributed by atoms with Crippen LogP contribution in [0.1, 0.15) is 12.8 Å².